The number of H-pyrrole nitrogens is 1. The normalized spacial score (nSPS) is 30.1. The SMILES string of the molecule is O=C(c1c[nH]c2ccccc12)C1C2CCCCC21. The third-order valence-electron chi connectivity index (χ3n) is 4.81. The number of hydrogen-bond acceptors (Lipinski definition) is 1. The summed E-state index contributed by atoms with van der Waals surface area (Å²) in [5.41, 5.74) is 1.98. The van der Waals surface area contributed by atoms with Crippen molar-refractivity contribution in [1.29, 1.82) is 0 Å². The van der Waals surface area contributed by atoms with Gasteiger partial charge in [0.05, 0.1) is 0 Å². The number of para-hydroxylation sites is 1. The molecule has 2 aromatic rings. The lowest BCUT2D eigenvalue weighted by Crippen LogP contribution is -2.03. The van der Waals surface area contributed by atoms with E-state index in [-0.39, 0.29) is 0 Å². The third kappa shape index (κ3) is 1.38. The molecule has 2 saturated carbocycles. The second-order valence-corrected chi connectivity index (χ2v) is 5.75. The van der Waals surface area contributed by atoms with Crippen LogP contribution in [-0.2, 0) is 0 Å². The number of aromatic nitrogens is 1. The molecular formula is C16H17NO. The van der Waals surface area contributed by atoms with Crippen LogP contribution in [0, 0.1) is 17.8 Å². The number of rotatable bonds is 2. The second kappa shape index (κ2) is 3.71. The van der Waals surface area contributed by atoms with E-state index in [1.807, 2.05) is 30.5 Å². The Bertz CT molecular complexity index is 600. The predicted octanol–water partition coefficient (Wildman–Crippen LogP) is 3.79. The van der Waals surface area contributed by atoms with Crippen LogP contribution >= 0.6 is 0 Å². The number of carbonyl (C=O) groups is 1. The van der Waals surface area contributed by atoms with Crippen molar-refractivity contribution in [3.8, 4) is 0 Å². The van der Waals surface area contributed by atoms with E-state index in [9.17, 15) is 4.79 Å². The lowest BCUT2D eigenvalue weighted by Gasteiger charge is -2.04. The number of nitrogens with one attached hydrogen (secondary N) is 1. The maximum atomic E-state index is 12.6. The van der Waals surface area contributed by atoms with Gasteiger partial charge in [-0.3, -0.25) is 4.79 Å². The molecular weight excluding hydrogens is 222 g/mol. The van der Waals surface area contributed by atoms with Crippen LogP contribution in [0.4, 0.5) is 0 Å². The van der Waals surface area contributed by atoms with Gasteiger partial charge in [-0.15, -0.1) is 0 Å². The number of benzene rings is 1. The van der Waals surface area contributed by atoms with Crippen LogP contribution in [0.1, 0.15) is 36.0 Å². The fourth-order valence-corrected chi connectivity index (χ4v) is 3.84. The molecule has 92 valence electrons. The number of hydrogen-bond donors (Lipinski definition) is 1. The average molecular weight is 239 g/mol. The van der Waals surface area contributed by atoms with Crippen molar-refractivity contribution >= 4 is 16.7 Å². The summed E-state index contributed by atoms with van der Waals surface area (Å²) in [6.07, 6.45) is 7.07. The van der Waals surface area contributed by atoms with Crippen molar-refractivity contribution < 1.29 is 4.79 Å². The first-order valence-electron chi connectivity index (χ1n) is 6.96. The zero-order chi connectivity index (χ0) is 12.1. The van der Waals surface area contributed by atoms with Crippen LogP contribution in [-0.4, -0.2) is 10.8 Å². The molecule has 0 aliphatic heterocycles. The molecule has 0 bridgehead atoms. The minimum atomic E-state index is 0.326. The summed E-state index contributed by atoms with van der Waals surface area (Å²) in [6, 6.07) is 8.09. The Morgan fingerprint density at radius 1 is 1.11 bits per heavy atom. The van der Waals surface area contributed by atoms with Gasteiger partial charge in [0.25, 0.3) is 0 Å². The first-order chi connectivity index (χ1) is 8.86. The molecule has 2 aliphatic rings. The van der Waals surface area contributed by atoms with E-state index < -0.39 is 0 Å². The summed E-state index contributed by atoms with van der Waals surface area (Å²) in [7, 11) is 0. The number of Topliss-reactive ketones (excluding diaryl/α,β-unsaturated/α-hetero) is 1. The molecule has 0 spiro atoms. The van der Waals surface area contributed by atoms with E-state index in [1.54, 1.807) is 0 Å². The van der Waals surface area contributed by atoms with Crippen molar-refractivity contribution in [2.24, 2.45) is 17.8 Å². The van der Waals surface area contributed by atoms with E-state index in [0.717, 1.165) is 16.5 Å². The molecule has 0 saturated heterocycles. The second-order valence-electron chi connectivity index (χ2n) is 5.75. The Morgan fingerprint density at radius 2 is 1.83 bits per heavy atom. The molecule has 2 fully saturated rings. The van der Waals surface area contributed by atoms with Gasteiger partial charge in [-0.2, -0.15) is 0 Å². The molecule has 2 unspecified atom stereocenters. The molecule has 2 atom stereocenters. The highest BCUT2D eigenvalue weighted by atomic mass is 16.1. The van der Waals surface area contributed by atoms with Gasteiger partial charge in [0, 0.05) is 28.6 Å². The van der Waals surface area contributed by atoms with Crippen LogP contribution in [0.25, 0.3) is 10.9 Å². The van der Waals surface area contributed by atoms with Crippen LogP contribution in [0.3, 0.4) is 0 Å². The van der Waals surface area contributed by atoms with Gasteiger partial charge in [0.2, 0.25) is 0 Å². The standard InChI is InChI=1S/C16H17NO/c18-16(15-11-6-1-2-7-12(11)15)13-9-17-14-8-4-3-5-10(13)14/h3-5,8-9,11-12,15,17H,1-2,6-7H2. The predicted molar refractivity (Wildman–Crippen MR) is 71.6 cm³/mol. The topological polar surface area (TPSA) is 32.9 Å². The highest BCUT2D eigenvalue weighted by Gasteiger charge is 2.54. The fourth-order valence-electron chi connectivity index (χ4n) is 3.84. The zero-order valence-corrected chi connectivity index (χ0v) is 10.4. The Hall–Kier alpha value is -1.57. The van der Waals surface area contributed by atoms with Crippen LogP contribution in [0.2, 0.25) is 0 Å². The van der Waals surface area contributed by atoms with Crippen LogP contribution in [0.15, 0.2) is 30.5 Å². The highest BCUT2D eigenvalue weighted by Crippen LogP contribution is 2.56. The van der Waals surface area contributed by atoms with Gasteiger partial charge in [0.1, 0.15) is 0 Å². The molecule has 2 aliphatic carbocycles. The maximum absolute atomic E-state index is 12.6. The third-order valence-corrected chi connectivity index (χ3v) is 4.81. The molecule has 1 aromatic heterocycles. The maximum Gasteiger partial charge on any atom is 0.168 e. The fraction of sp³-hybridized carbons (Fsp3) is 0.438. The molecule has 1 heterocycles. The Labute approximate surface area is 106 Å². The van der Waals surface area contributed by atoms with Gasteiger partial charge in [-0.05, 0) is 30.7 Å². The zero-order valence-electron chi connectivity index (χ0n) is 10.4. The molecule has 0 radical (unpaired) electrons. The summed E-state index contributed by atoms with van der Waals surface area (Å²) in [4.78, 5) is 15.8. The number of fused-ring (bicyclic) bond motifs is 2. The van der Waals surface area contributed by atoms with Gasteiger partial charge in [0.15, 0.2) is 5.78 Å². The van der Waals surface area contributed by atoms with E-state index in [0.29, 0.717) is 23.5 Å². The lowest BCUT2D eigenvalue weighted by atomic mass is 10.0. The molecule has 2 heteroatoms. The quantitative estimate of drug-likeness (QED) is 0.795. The van der Waals surface area contributed by atoms with E-state index >= 15 is 0 Å². The number of carbonyl (C=O) groups excluding carboxylic acids is 1. The highest BCUT2D eigenvalue weighted by molar-refractivity contribution is 6.10. The first-order valence-corrected chi connectivity index (χ1v) is 6.96. The van der Waals surface area contributed by atoms with Gasteiger partial charge in [-0.1, -0.05) is 31.0 Å². The van der Waals surface area contributed by atoms with E-state index in [1.165, 1.54) is 25.7 Å². The molecule has 2 nitrogen and oxygen atoms in total. The Kier molecular flexibility index (Phi) is 2.14. The van der Waals surface area contributed by atoms with Crippen molar-refractivity contribution in [3.05, 3.63) is 36.0 Å². The summed E-state index contributed by atoms with van der Waals surface area (Å²) in [5, 5.41) is 1.09. The van der Waals surface area contributed by atoms with Crippen molar-refractivity contribution in [2.45, 2.75) is 25.7 Å². The lowest BCUT2D eigenvalue weighted by molar-refractivity contribution is 0.0958. The summed E-state index contributed by atoms with van der Waals surface area (Å²) < 4.78 is 0. The first kappa shape index (κ1) is 10.4. The van der Waals surface area contributed by atoms with Crippen LogP contribution in [0.5, 0.6) is 0 Å². The van der Waals surface area contributed by atoms with Gasteiger partial charge >= 0.3 is 0 Å². The smallest absolute Gasteiger partial charge is 0.168 e. The summed E-state index contributed by atoms with van der Waals surface area (Å²) in [6.45, 7) is 0. The molecule has 1 N–H and O–H groups in total. The van der Waals surface area contributed by atoms with Gasteiger partial charge in [-0.25, -0.2) is 0 Å². The molecule has 4 rings (SSSR count). The molecule has 0 amide bonds. The summed E-state index contributed by atoms with van der Waals surface area (Å²) in [5.74, 6) is 2.09. The van der Waals surface area contributed by atoms with Crippen molar-refractivity contribution in [3.63, 3.8) is 0 Å². The van der Waals surface area contributed by atoms with E-state index in [2.05, 4.69) is 4.98 Å². The minimum Gasteiger partial charge on any atom is -0.360 e. The average Bonchev–Trinajstić information content (AvgIpc) is 2.99. The number of aromatic amines is 1. The van der Waals surface area contributed by atoms with Crippen LogP contribution < -0.4 is 0 Å². The van der Waals surface area contributed by atoms with E-state index in [4.69, 9.17) is 0 Å². The van der Waals surface area contributed by atoms with Crippen molar-refractivity contribution in [2.75, 3.05) is 0 Å². The van der Waals surface area contributed by atoms with Crippen molar-refractivity contribution in [1.82, 2.24) is 4.98 Å². The van der Waals surface area contributed by atoms with Gasteiger partial charge < -0.3 is 4.98 Å². The molecule has 18 heavy (non-hydrogen) atoms. The Balaban J connectivity index is 1.69. The monoisotopic (exact) mass is 239 g/mol. The minimum absolute atomic E-state index is 0.326. The largest absolute Gasteiger partial charge is 0.360 e. The number of ketones is 1. The Morgan fingerprint density at radius 3 is 2.61 bits per heavy atom. The summed E-state index contributed by atoms with van der Waals surface area (Å²) >= 11 is 0. The molecule has 1 aromatic carbocycles.